The molecule has 0 saturated heterocycles. The molecule has 1 rings (SSSR count). The van der Waals surface area contributed by atoms with E-state index in [0.29, 0.717) is 12.8 Å². The van der Waals surface area contributed by atoms with Gasteiger partial charge in [0.05, 0.1) is 11.3 Å². The highest BCUT2D eigenvalue weighted by atomic mass is 32.2. The van der Waals surface area contributed by atoms with Gasteiger partial charge >= 0.3 is 6.18 Å². The zero-order chi connectivity index (χ0) is 15.9. The number of hydrogen-bond donors (Lipinski definition) is 1. The van der Waals surface area contributed by atoms with Crippen molar-refractivity contribution in [1.29, 1.82) is 0 Å². The Morgan fingerprint density at radius 3 is 2.33 bits per heavy atom. The highest BCUT2D eigenvalue weighted by molar-refractivity contribution is 7.89. The summed E-state index contributed by atoms with van der Waals surface area (Å²) >= 11 is 0. The third-order valence-corrected chi connectivity index (χ3v) is 4.16. The van der Waals surface area contributed by atoms with Gasteiger partial charge in [0.15, 0.2) is 0 Å². The van der Waals surface area contributed by atoms with Crippen molar-refractivity contribution in [1.82, 2.24) is 4.72 Å². The number of alkyl halides is 3. The zero-order valence-electron chi connectivity index (χ0n) is 11.7. The van der Waals surface area contributed by atoms with Crippen LogP contribution in [-0.4, -0.2) is 21.1 Å². The third kappa shape index (κ3) is 7.29. The van der Waals surface area contributed by atoms with Crippen molar-refractivity contribution < 1.29 is 21.6 Å². The number of nitrogens with one attached hydrogen (secondary N) is 1. The maximum atomic E-state index is 11.9. The molecule has 0 heterocycles. The molecule has 21 heavy (non-hydrogen) atoms. The van der Waals surface area contributed by atoms with Crippen LogP contribution in [0, 0.1) is 6.92 Å². The second kappa shape index (κ2) is 7.61. The number of sulfonamides is 1. The van der Waals surface area contributed by atoms with Crippen LogP contribution in [0.25, 0.3) is 0 Å². The molecule has 0 aliphatic carbocycles. The van der Waals surface area contributed by atoms with E-state index in [2.05, 4.69) is 4.72 Å². The molecule has 3 nitrogen and oxygen atoms in total. The Morgan fingerprint density at radius 2 is 1.76 bits per heavy atom. The Morgan fingerprint density at radius 1 is 1.14 bits per heavy atom. The van der Waals surface area contributed by atoms with Gasteiger partial charge in [-0.3, -0.25) is 0 Å². The summed E-state index contributed by atoms with van der Waals surface area (Å²) in [6.45, 7) is 2.05. The minimum atomic E-state index is -4.19. The molecule has 0 radical (unpaired) electrons. The number of rotatable bonds is 7. The van der Waals surface area contributed by atoms with Gasteiger partial charge in [-0.15, -0.1) is 0 Å². The molecule has 0 amide bonds. The maximum absolute atomic E-state index is 11.9. The van der Waals surface area contributed by atoms with Crippen molar-refractivity contribution in [3.8, 4) is 0 Å². The number of aryl methyl sites for hydroxylation is 1. The lowest BCUT2D eigenvalue weighted by atomic mass is 10.2. The van der Waals surface area contributed by atoms with Gasteiger partial charge in [0.25, 0.3) is 0 Å². The molecule has 0 atom stereocenters. The van der Waals surface area contributed by atoms with E-state index in [1.165, 1.54) is 18.2 Å². The first-order valence-electron chi connectivity index (χ1n) is 6.49. The molecular weight excluding hydrogens is 303 g/mol. The molecule has 0 aliphatic rings. The maximum Gasteiger partial charge on any atom is 0.392 e. The molecular formula is C14H18F3NO2S. The van der Waals surface area contributed by atoms with Crippen molar-refractivity contribution in [3.05, 3.63) is 42.0 Å². The fourth-order valence-electron chi connectivity index (χ4n) is 1.56. The number of hydrogen-bond acceptors (Lipinski definition) is 2. The first-order valence-corrected chi connectivity index (χ1v) is 7.97. The molecule has 0 saturated carbocycles. The lowest BCUT2D eigenvalue weighted by Crippen LogP contribution is -2.24. The van der Waals surface area contributed by atoms with Crippen molar-refractivity contribution >= 4 is 10.0 Å². The first kappa shape index (κ1) is 17.7. The van der Waals surface area contributed by atoms with Gasteiger partial charge in [-0.25, -0.2) is 13.1 Å². The summed E-state index contributed by atoms with van der Waals surface area (Å²) in [5, 5.41) is 0. The first-order chi connectivity index (χ1) is 9.71. The lowest BCUT2D eigenvalue weighted by molar-refractivity contribution is -0.125. The third-order valence-electron chi connectivity index (χ3n) is 2.69. The van der Waals surface area contributed by atoms with Crippen LogP contribution in [0.1, 0.15) is 24.8 Å². The van der Waals surface area contributed by atoms with Crippen molar-refractivity contribution in [2.24, 2.45) is 0 Å². The second-order valence-corrected chi connectivity index (χ2v) is 6.41. The summed E-state index contributed by atoms with van der Waals surface area (Å²) < 4.78 is 61.8. The normalized spacial score (nSPS) is 13.0. The van der Waals surface area contributed by atoms with Crippen LogP contribution < -0.4 is 4.72 Å². The molecule has 0 aliphatic heterocycles. The molecule has 7 heteroatoms. The number of halogens is 3. The molecule has 1 N–H and O–H groups in total. The van der Waals surface area contributed by atoms with Crippen LogP contribution in [0.15, 0.2) is 41.3 Å². The number of allylic oxidation sites excluding steroid dienone is 2. The van der Waals surface area contributed by atoms with Crippen LogP contribution >= 0.6 is 0 Å². The van der Waals surface area contributed by atoms with E-state index in [1.54, 1.807) is 12.1 Å². The van der Waals surface area contributed by atoms with Crippen LogP contribution in [0.2, 0.25) is 0 Å². The molecule has 1 aromatic carbocycles. The topological polar surface area (TPSA) is 46.2 Å². The Bertz CT molecular complexity index is 563. The average Bonchev–Trinajstić information content (AvgIpc) is 2.36. The minimum absolute atomic E-state index is 0.181. The average molecular weight is 321 g/mol. The monoisotopic (exact) mass is 321 g/mol. The van der Waals surface area contributed by atoms with E-state index in [0.717, 1.165) is 11.6 Å². The van der Waals surface area contributed by atoms with Crippen LogP contribution in [0.4, 0.5) is 13.2 Å². The minimum Gasteiger partial charge on any atom is -0.211 e. The van der Waals surface area contributed by atoms with Gasteiger partial charge in [0.2, 0.25) is 10.0 Å². The predicted octanol–water partition coefficient (Wildman–Crippen LogP) is 3.56. The fourth-order valence-corrected chi connectivity index (χ4v) is 2.64. The standard InChI is InChI=1S/C14H18F3NO2S/c1-12-6-8-13(9-7-12)21(19,20)18-11-5-3-2-4-10-14(15,16)17/h2,4,6-9,18H,3,5,10-11H2,1H3/b4-2+. The lowest BCUT2D eigenvalue weighted by Gasteiger charge is -2.06. The smallest absolute Gasteiger partial charge is 0.211 e. The van der Waals surface area contributed by atoms with E-state index < -0.39 is 22.6 Å². The summed E-state index contributed by atoms with van der Waals surface area (Å²) in [6.07, 6.45) is -1.85. The van der Waals surface area contributed by atoms with Crippen molar-refractivity contribution in [2.75, 3.05) is 6.54 Å². The van der Waals surface area contributed by atoms with Crippen LogP contribution in [-0.2, 0) is 10.0 Å². The van der Waals surface area contributed by atoms with Crippen LogP contribution in [0.5, 0.6) is 0 Å². The predicted molar refractivity (Wildman–Crippen MR) is 75.4 cm³/mol. The number of benzene rings is 1. The van der Waals surface area contributed by atoms with E-state index in [1.807, 2.05) is 6.92 Å². The number of unbranched alkanes of at least 4 members (excludes halogenated alkanes) is 1. The Labute approximate surface area is 122 Å². The second-order valence-electron chi connectivity index (χ2n) is 4.64. The zero-order valence-corrected chi connectivity index (χ0v) is 12.5. The van der Waals surface area contributed by atoms with Crippen molar-refractivity contribution in [2.45, 2.75) is 37.3 Å². The molecule has 0 bridgehead atoms. The van der Waals surface area contributed by atoms with Gasteiger partial charge in [-0.2, -0.15) is 13.2 Å². The van der Waals surface area contributed by atoms with Gasteiger partial charge in [-0.1, -0.05) is 29.8 Å². The van der Waals surface area contributed by atoms with Gasteiger partial charge < -0.3 is 0 Å². The molecule has 1 aromatic rings. The van der Waals surface area contributed by atoms with E-state index in [4.69, 9.17) is 0 Å². The Kier molecular flexibility index (Phi) is 6.42. The molecule has 118 valence electrons. The van der Waals surface area contributed by atoms with Gasteiger partial charge in [-0.05, 0) is 31.9 Å². The van der Waals surface area contributed by atoms with Gasteiger partial charge in [0.1, 0.15) is 0 Å². The summed E-state index contributed by atoms with van der Waals surface area (Å²) in [6, 6.07) is 6.44. The SMILES string of the molecule is Cc1ccc(S(=O)(=O)NCCC/C=C/CC(F)(F)F)cc1. The fraction of sp³-hybridized carbons (Fsp3) is 0.429. The quantitative estimate of drug-likeness (QED) is 0.616. The summed E-state index contributed by atoms with van der Waals surface area (Å²) in [5.41, 5.74) is 0.962. The van der Waals surface area contributed by atoms with Crippen LogP contribution in [0.3, 0.4) is 0 Å². The van der Waals surface area contributed by atoms with Gasteiger partial charge in [0, 0.05) is 6.54 Å². The van der Waals surface area contributed by atoms with E-state index >= 15 is 0 Å². The largest absolute Gasteiger partial charge is 0.392 e. The highest BCUT2D eigenvalue weighted by Gasteiger charge is 2.24. The Hall–Kier alpha value is -1.34. The molecule has 0 fully saturated rings. The van der Waals surface area contributed by atoms with E-state index in [9.17, 15) is 21.6 Å². The highest BCUT2D eigenvalue weighted by Crippen LogP contribution is 2.19. The summed E-state index contributed by atoms with van der Waals surface area (Å²) in [4.78, 5) is 0.181. The van der Waals surface area contributed by atoms with E-state index in [-0.39, 0.29) is 11.4 Å². The molecule has 0 spiro atoms. The van der Waals surface area contributed by atoms with Crippen molar-refractivity contribution in [3.63, 3.8) is 0 Å². The molecule has 0 aromatic heterocycles. The summed E-state index contributed by atoms with van der Waals surface area (Å²) in [7, 11) is -3.55. The summed E-state index contributed by atoms with van der Waals surface area (Å²) in [5.74, 6) is 0. The molecule has 0 unspecified atom stereocenters. The Balaban J connectivity index is 2.33.